The molecular formula is C22H20N4O4S. The molecule has 0 bridgehead atoms. The number of nitrogens with zero attached hydrogens (tertiary/aromatic N) is 4. The lowest BCUT2D eigenvalue weighted by atomic mass is 10.1. The third kappa shape index (κ3) is 3.68. The second-order valence-corrected chi connectivity index (χ2v) is 7.56. The van der Waals surface area contributed by atoms with Crippen molar-refractivity contribution in [3.8, 4) is 11.5 Å². The molecule has 0 amide bonds. The maximum absolute atomic E-state index is 12.9. The van der Waals surface area contributed by atoms with Crippen molar-refractivity contribution in [2.75, 3.05) is 20.0 Å². The van der Waals surface area contributed by atoms with Gasteiger partial charge < -0.3 is 9.47 Å². The molecule has 4 rings (SSSR count). The molecule has 158 valence electrons. The van der Waals surface area contributed by atoms with Gasteiger partial charge in [0, 0.05) is 12.6 Å². The monoisotopic (exact) mass is 436 g/mol. The SMILES string of the molecule is C=CCn1c(=O)c2ccccc2n2c(SCC(=O)c3ccc(OC)cc3OC)nnc12. The quantitative estimate of drug-likeness (QED) is 0.238. The van der Waals surface area contributed by atoms with Crippen LogP contribution in [0.5, 0.6) is 11.5 Å². The fraction of sp³-hybridized carbons (Fsp3) is 0.182. The number of hydrogen-bond donors (Lipinski definition) is 0. The van der Waals surface area contributed by atoms with Crippen LogP contribution in [0.1, 0.15) is 10.4 Å². The van der Waals surface area contributed by atoms with Gasteiger partial charge in [0.25, 0.3) is 5.56 Å². The maximum atomic E-state index is 12.9. The van der Waals surface area contributed by atoms with E-state index in [2.05, 4.69) is 16.8 Å². The number of para-hydroxylation sites is 1. The zero-order valence-electron chi connectivity index (χ0n) is 17.1. The largest absolute Gasteiger partial charge is 0.497 e. The normalized spacial score (nSPS) is 11.0. The number of fused-ring (bicyclic) bond motifs is 3. The van der Waals surface area contributed by atoms with E-state index in [-0.39, 0.29) is 17.1 Å². The highest BCUT2D eigenvalue weighted by Crippen LogP contribution is 2.28. The van der Waals surface area contributed by atoms with Crippen LogP contribution in [0, 0.1) is 0 Å². The van der Waals surface area contributed by atoms with Crippen molar-refractivity contribution in [3.63, 3.8) is 0 Å². The van der Waals surface area contributed by atoms with Crippen LogP contribution in [0.3, 0.4) is 0 Å². The van der Waals surface area contributed by atoms with Gasteiger partial charge in [0.1, 0.15) is 11.5 Å². The summed E-state index contributed by atoms with van der Waals surface area (Å²) in [5.41, 5.74) is 0.980. The van der Waals surface area contributed by atoms with Crippen LogP contribution >= 0.6 is 11.8 Å². The molecule has 0 saturated heterocycles. The minimum absolute atomic E-state index is 0.120. The Labute approximate surface area is 182 Å². The standard InChI is InChI=1S/C22H20N4O4S/c1-4-11-25-20(28)15-7-5-6-8-17(15)26-21(25)23-24-22(26)31-13-18(27)16-10-9-14(29-2)12-19(16)30-3/h4-10,12H,1,11,13H2,2-3H3. The van der Waals surface area contributed by atoms with E-state index in [1.807, 2.05) is 18.2 Å². The first-order valence-electron chi connectivity index (χ1n) is 9.44. The minimum atomic E-state index is -0.161. The topological polar surface area (TPSA) is 87.7 Å². The predicted octanol–water partition coefficient (Wildman–Crippen LogP) is 3.22. The molecule has 0 fully saturated rings. The van der Waals surface area contributed by atoms with Crippen molar-refractivity contribution in [1.29, 1.82) is 0 Å². The number of thioether (sulfide) groups is 1. The average Bonchev–Trinajstić information content (AvgIpc) is 3.23. The Bertz CT molecular complexity index is 1360. The highest BCUT2D eigenvalue weighted by atomic mass is 32.2. The van der Waals surface area contributed by atoms with Crippen molar-refractivity contribution >= 4 is 34.2 Å². The Kier molecular flexibility index (Phi) is 5.77. The molecule has 0 saturated carbocycles. The predicted molar refractivity (Wildman–Crippen MR) is 120 cm³/mol. The van der Waals surface area contributed by atoms with E-state index >= 15 is 0 Å². The smallest absolute Gasteiger partial charge is 0.263 e. The molecule has 0 aliphatic rings. The number of allylic oxidation sites excluding steroid dienone is 1. The molecule has 31 heavy (non-hydrogen) atoms. The van der Waals surface area contributed by atoms with Crippen LogP contribution in [0.25, 0.3) is 16.7 Å². The van der Waals surface area contributed by atoms with E-state index < -0.39 is 0 Å². The molecule has 0 atom stereocenters. The summed E-state index contributed by atoms with van der Waals surface area (Å²) in [7, 11) is 3.06. The molecule has 2 heterocycles. The van der Waals surface area contributed by atoms with Gasteiger partial charge >= 0.3 is 0 Å². The highest BCUT2D eigenvalue weighted by molar-refractivity contribution is 7.99. The van der Waals surface area contributed by atoms with E-state index in [9.17, 15) is 9.59 Å². The third-order valence-corrected chi connectivity index (χ3v) is 5.76. The average molecular weight is 436 g/mol. The highest BCUT2D eigenvalue weighted by Gasteiger charge is 2.19. The Hall–Kier alpha value is -3.59. The molecule has 8 nitrogen and oxygen atoms in total. The fourth-order valence-corrected chi connectivity index (χ4v) is 4.18. The zero-order chi connectivity index (χ0) is 22.0. The molecular weight excluding hydrogens is 416 g/mol. The van der Waals surface area contributed by atoms with Gasteiger partial charge in [-0.3, -0.25) is 18.6 Å². The Balaban J connectivity index is 1.72. The van der Waals surface area contributed by atoms with Crippen molar-refractivity contribution in [1.82, 2.24) is 19.2 Å². The Morgan fingerprint density at radius 2 is 1.97 bits per heavy atom. The molecule has 0 aliphatic heterocycles. The second-order valence-electron chi connectivity index (χ2n) is 6.62. The first-order valence-corrected chi connectivity index (χ1v) is 10.4. The number of ketones is 1. The first-order chi connectivity index (χ1) is 15.1. The number of carbonyl (C=O) groups excluding carboxylic acids is 1. The summed E-state index contributed by atoms with van der Waals surface area (Å²) in [4.78, 5) is 25.7. The second kappa shape index (κ2) is 8.65. The Morgan fingerprint density at radius 1 is 1.16 bits per heavy atom. The third-order valence-electron chi connectivity index (χ3n) is 4.83. The summed E-state index contributed by atoms with van der Waals surface area (Å²) in [6.07, 6.45) is 1.64. The van der Waals surface area contributed by atoms with Gasteiger partial charge in [-0.05, 0) is 24.3 Å². The number of ether oxygens (including phenoxy) is 2. The first kappa shape index (κ1) is 20.7. The molecule has 4 aromatic rings. The molecule has 2 aromatic carbocycles. The number of hydrogen-bond acceptors (Lipinski definition) is 7. The lowest BCUT2D eigenvalue weighted by Gasteiger charge is -2.10. The van der Waals surface area contributed by atoms with Crippen LogP contribution in [0.15, 0.2) is 65.1 Å². The molecule has 0 spiro atoms. The van der Waals surface area contributed by atoms with Crippen molar-refractivity contribution in [3.05, 3.63) is 71.0 Å². The molecule has 0 unspecified atom stereocenters. The zero-order valence-corrected chi connectivity index (χ0v) is 17.9. The number of benzene rings is 2. The lowest BCUT2D eigenvalue weighted by Crippen LogP contribution is -2.22. The number of Topliss-reactive ketones (excluding diaryl/α,β-unsaturated/α-hetero) is 1. The van der Waals surface area contributed by atoms with E-state index in [0.29, 0.717) is 45.4 Å². The van der Waals surface area contributed by atoms with Crippen molar-refractivity contribution < 1.29 is 14.3 Å². The minimum Gasteiger partial charge on any atom is -0.497 e. The van der Waals surface area contributed by atoms with Gasteiger partial charge in [-0.2, -0.15) is 0 Å². The maximum Gasteiger partial charge on any atom is 0.263 e. The summed E-state index contributed by atoms with van der Waals surface area (Å²) in [5.74, 6) is 1.46. The van der Waals surface area contributed by atoms with Gasteiger partial charge in [-0.25, -0.2) is 0 Å². The van der Waals surface area contributed by atoms with Crippen LogP contribution in [0.2, 0.25) is 0 Å². The summed E-state index contributed by atoms with van der Waals surface area (Å²) in [5, 5.41) is 9.52. The molecule has 9 heteroatoms. The van der Waals surface area contributed by atoms with Gasteiger partial charge in [0.2, 0.25) is 5.78 Å². The van der Waals surface area contributed by atoms with Gasteiger partial charge in [-0.15, -0.1) is 16.8 Å². The molecule has 0 N–H and O–H groups in total. The number of rotatable bonds is 8. The van der Waals surface area contributed by atoms with Crippen LogP contribution in [0.4, 0.5) is 0 Å². The summed E-state index contributed by atoms with van der Waals surface area (Å²) in [6, 6.07) is 12.3. The summed E-state index contributed by atoms with van der Waals surface area (Å²) in [6.45, 7) is 4.03. The van der Waals surface area contributed by atoms with Crippen molar-refractivity contribution in [2.24, 2.45) is 0 Å². The molecule has 0 radical (unpaired) electrons. The van der Waals surface area contributed by atoms with E-state index in [4.69, 9.17) is 9.47 Å². The van der Waals surface area contributed by atoms with Crippen LogP contribution in [-0.4, -0.2) is 44.9 Å². The number of methoxy groups -OCH3 is 2. The van der Waals surface area contributed by atoms with Gasteiger partial charge in [0.05, 0.1) is 36.4 Å². The van der Waals surface area contributed by atoms with Gasteiger partial charge in [0.15, 0.2) is 10.9 Å². The van der Waals surface area contributed by atoms with Crippen LogP contribution < -0.4 is 15.0 Å². The van der Waals surface area contributed by atoms with E-state index in [1.165, 1.54) is 23.4 Å². The fourth-order valence-electron chi connectivity index (χ4n) is 3.36. The van der Waals surface area contributed by atoms with E-state index in [0.717, 1.165) is 0 Å². The Morgan fingerprint density at radius 3 is 2.71 bits per heavy atom. The molecule has 0 aliphatic carbocycles. The lowest BCUT2D eigenvalue weighted by molar-refractivity contribution is 0.101. The van der Waals surface area contributed by atoms with Crippen molar-refractivity contribution in [2.45, 2.75) is 11.7 Å². The molecule has 2 aromatic heterocycles. The number of carbonyl (C=O) groups is 1. The summed E-state index contributed by atoms with van der Waals surface area (Å²) >= 11 is 1.25. The number of aromatic nitrogens is 4. The van der Waals surface area contributed by atoms with E-state index in [1.54, 1.807) is 41.9 Å². The van der Waals surface area contributed by atoms with Gasteiger partial charge in [-0.1, -0.05) is 30.0 Å². The summed E-state index contributed by atoms with van der Waals surface area (Å²) < 4.78 is 13.8. The van der Waals surface area contributed by atoms with Crippen LogP contribution in [-0.2, 0) is 6.54 Å².